The van der Waals surface area contributed by atoms with Crippen LogP contribution in [0.25, 0.3) is 0 Å². The number of carboxylic acids is 1. The van der Waals surface area contributed by atoms with Crippen LogP contribution >= 0.6 is 11.6 Å². The molecule has 1 heterocycles. The number of rotatable bonds is 4. The lowest BCUT2D eigenvalue weighted by molar-refractivity contribution is -0.145. The zero-order chi connectivity index (χ0) is 13.0. The SMILES string of the molecule is O=C(O)C(Oc1ncc(Cl)cn1)c1ccccc1. The number of carbonyl (C=O) groups is 1. The highest BCUT2D eigenvalue weighted by Gasteiger charge is 2.22. The fourth-order valence-electron chi connectivity index (χ4n) is 1.36. The summed E-state index contributed by atoms with van der Waals surface area (Å²) in [5, 5.41) is 9.49. The normalized spacial score (nSPS) is 11.8. The van der Waals surface area contributed by atoms with Crippen LogP contribution in [-0.2, 0) is 4.79 Å². The van der Waals surface area contributed by atoms with Crippen LogP contribution in [0, 0.1) is 0 Å². The number of nitrogens with zero attached hydrogens (tertiary/aromatic N) is 2. The molecule has 1 unspecified atom stereocenters. The lowest BCUT2D eigenvalue weighted by atomic mass is 10.1. The smallest absolute Gasteiger partial charge is 0.349 e. The van der Waals surface area contributed by atoms with Crippen LogP contribution in [0.5, 0.6) is 6.01 Å². The molecule has 0 aliphatic carbocycles. The minimum Gasteiger partial charge on any atom is -0.478 e. The molecule has 1 atom stereocenters. The number of benzene rings is 1. The largest absolute Gasteiger partial charge is 0.478 e. The van der Waals surface area contributed by atoms with Crippen molar-refractivity contribution in [3.05, 3.63) is 53.3 Å². The highest BCUT2D eigenvalue weighted by molar-refractivity contribution is 6.30. The van der Waals surface area contributed by atoms with Gasteiger partial charge >= 0.3 is 12.0 Å². The van der Waals surface area contributed by atoms with E-state index in [9.17, 15) is 4.79 Å². The van der Waals surface area contributed by atoms with E-state index in [0.717, 1.165) is 0 Å². The second kappa shape index (κ2) is 5.46. The van der Waals surface area contributed by atoms with Crippen molar-refractivity contribution in [3.8, 4) is 6.01 Å². The van der Waals surface area contributed by atoms with E-state index in [1.165, 1.54) is 12.4 Å². The van der Waals surface area contributed by atoms with Crippen molar-refractivity contribution in [2.45, 2.75) is 6.10 Å². The Bertz CT molecular complexity index is 531. The maximum absolute atomic E-state index is 11.2. The zero-order valence-electron chi connectivity index (χ0n) is 9.15. The monoisotopic (exact) mass is 264 g/mol. The molecule has 2 aromatic rings. The molecule has 0 aliphatic rings. The van der Waals surface area contributed by atoms with Crippen molar-refractivity contribution in [2.75, 3.05) is 0 Å². The minimum absolute atomic E-state index is 0.0318. The molecular formula is C12H9ClN2O3. The third kappa shape index (κ3) is 2.95. The molecule has 1 N–H and O–H groups in total. The summed E-state index contributed by atoms with van der Waals surface area (Å²) in [6.07, 6.45) is 1.54. The molecular weight excluding hydrogens is 256 g/mol. The van der Waals surface area contributed by atoms with Gasteiger partial charge in [-0.3, -0.25) is 0 Å². The van der Waals surface area contributed by atoms with Gasteiger partial charge in [-0.15, -0.1) is 0 Å². The van der Waals surface area contributed by atoms with Crippen LogP contribution in [0.15, 0.2) is 42.7 Å². The number of hydrogen-bond donors (Lipinski definition) is 1. The van der Waals surface area contributed by atoms with Crippen molar-refractivity contribution in [2.24, 2.45) is 0 Å². The number of aliphatic carboxylic acids is 1. The molecule has 0 aliphatic heterocycles. The average molecular weight is 265 g/mol. The molecule has 18 heavy (non-hydrogen) atoms. The van der Waals surface area contributed by atoms with Crippen molar-refractivity contribution < 1.29 is 14.6 Å². The third-order valence-electron chi connectivity index (χ3n) is 2.15. The lowest BCUT2D eigenvalue weighted by Gasteiger charge is -2.13. The van der Waals surface area contributed by atoms with Gasteiger partial charge in [0.1, 0.15) is 0 Å². The first-order valence-electron chi connectivity index (χ1n) is 5.09. The molecule has 0 amide bonds. The molecule has 0 saturated heterocycles. The summed E-state index contributed by atoms with van der Waals surface area (Å²) in [7, 11) is 0. The minimum atomic E-state index is -1.15. The van der Waals surface area contributed by atoms with Gasteiger partial charge in [-0.05, 0) is 0 Å². The maximum atomic E-state index is 11.2. The predicted molar refractivity (Wildman–Crippen MR) is 64.5 cm³/mol. The first kappa shape index (κ1) is 12.3. The quantitative estimate of drug-likeness (QED) is 0.918. The van der Waals surface area contributed by atoms with Crippen LogP contribution in [0.2, 0.25) is 5.02 Å². The van der Waals surface area contributed by atoms with Gasteiger partial charge in [0.25, 0.3) is 0 Å². The number of hydrogen-bond acceptors (Lipinski definition) is 4. The Morgan fingerprint density at radius 3 is 2.39 bits per heavy atom. The lowest BCUT2D eigenvalue weighted by Crippen LogP contribution is -2.19. The summed E-state index contributed by atoms with van der Waals surface area (Å²) in [4.78, 5) is 18.8. The Morgan fingerprint density at radius 1 is 1.22 bits per heavy atom. The standard InChI is InChI=1S/C12H9ClN2O3/c13-9-6-14-12(15-7-9)18-10(11(16)17)8-4-2-1-3-5-8/h1-7,10H,(H,16,17). The predicted octanol–water partition coefficient (Wildman–Crippen LogP) is 2.33. The Labute approximate surface area is 108 Å². The Morgan fingerprint density at radius 2 is 1.83 bits per heavy atom. The van der Waals surface area contributed by atoms with Crippen LogP contribution in [0.1, 0.15) is 11.7 Å². The molecule has 1 aromatic heterocycles. The number of carboxylic acid groups (broad SMARTS) is 1. The summed E-state index contributed by atoms with van der Waals surface area (Å²) in [6, 6.07) is 8.55. The number of aromatic nitrogens is 2. The van der Waals surface area contributed by atoms with Gasteiger partial charge in [0.2, 0.25) is 6.10 Å². The average Bonchev–Trinajstić information content (AvgIpc) is 2.38. The first-order chi connectivity index (χ1) is 8.66. The molecule has 0 radical (unpaired) electrons. The van der Waals surface area contributed by atoms with Gasteiger partial charge < -0.3 is 9.84 Å². The Balaban J connectivity index is 2.22. The summed E-state index contributed by atoms with van der Waals surface area (Å²) in [5.74, 6) is -1.11. The molecule has 0 saturated carbocycles. The van der Waals surface area contributed by atoms with Crippen molar-refractivity contribution >= 4 is 17.6 Å². The highest BCUT2D eigenvalue weighted by Crippen LogP contribution is 2.19. The second-order valence-electron chi connectivity index (χ2n) is 3.43. The first-order valence-corrected chi connectivity index (χ1v) is 5.46. The molecule has 0 fully saturated rings. The number of halogens is 1. The van der Waals surface area contributed by atoms with Gasteiger partial charge in [0, 0.05) is 5.56 Å². The van der Waals surface area contributed by atoms with Gasteiger partial charge in [0.15, 0.2) is 0 Å². The topological polar surface area (TPSA) is 72.3 Å². The van der Waals surface area contributed by atoms with Crippen LogP contribution in [0.4, 0.5) is 0 Å². The van der Waals surface area contributed by atoms with Gasteiger partial charge in [0.05, 0.1) is 17.4 Å². The summed E-state index contributed by atoms with van der Waals surface area (Å²) in [5.41, 5.74) is 0.517. The highest BCUT2D eigenvalue weighted by atomic mass is 35.5. The van der Waals surface area contributed by atoms with E-state index < -0.39 is 12.1 Å². The second-order valence-corrected chi connectivity index (χ2v) is 3.87. The third-order valence-corrected chi connectivity index (χ3v) is 2.34. The fraction of sp³-hybridized carbons (Fsp3) is 0.0833. The van der Waals surface area contributed by atoms with E-state index in [1.54, 1.807) is 30.3 Å². The molecule has 2 rings (SSSR count). The van der Waals surface area contributed by atoms with E-state index in [-0.39, 0.29) is 6.01 Å². The molecule has 0 spiro atoms. The number of ether oxygens (including phenoxy) is 1. The van der Waals surface area contributed by atoms with E-state index in [0.29, 0.717) is 10.6 Å². The fourth-order valence-corrected chi connectivity index (χ4v) is 1.45. The summed E-state index contributed by atoms with van der Waals surface area (Å²) < 4.78 is 5.24. The van der Waals surface area contributed by atoms with Crippen molar-refractivity contribution in [1.29, 1.82) is 0 Å². The van der Waals surface area contributed by atoms with Crippen molar-refractivity contribution in [3.63, 3.8) is 0 Å². The van der Waals surface area contributed by atoms with E-state index in [1.807, 2.05) is 0 Å². The Hall–Kier alpha value is -2.14. The maximum Gasteiger partial charge on any atom is 0.349 e. The molecule has 0 bridgehead atoms. The molecule has 1 aromatic carbocycles. The van der Waals surface area contributed by atoms with Crippen LogP contribution < -0.4 is 4.74 Å². The van der Waals surface area contributed by atoms with Gasteiger partial charge in [-0.1, -0.05) is 41.9 Å². The molecule has 92 valence electrons. The zero-order valence-corrected chi connectivity index (χ0v) is 9.91. The summed E-state index contributed by atoms with van der Waals surface area (Å²) >= 11 is 5.63. The van der Waals surface area contributed by atoms with E-state index >= 15 is 0 Å². The molecule has 5 nitrogen and oxygen atoms in total. The van der Waals surface area contributed by atoms with E-state index in [4.69, 9.17) is 21.4 Å². The van der Waals surface area contributed by atoms with E-state index in [2.05, 4.69) is 9.97 Å². The van der Waals surface area contributed by atoms with Gasteiger partial charge in [-0.2, -0.15) is 0 Å². The summed E-state index contributed by atoms with van der Waals surface area (Å²) in [6.45, 7) is 0. The van der Waals surface area contributed by atoms with Crippen LogP contribution in [-0.4, -0.2) is 21.0 Å². The van der Waals surface area contributed by atoms with Gasteiger partial charge in [-0.25, -0.2) is 14.8 Å². The van der Waals surface area contributed by atoms with Crippen molar-refractivity contribution in [1.82, 2.24) is 9.97 Å². The Kier molecular flexibility index (Phi) is 3.74. The molecule has 6 heteroatoms. The van der Waals surface area contributed by atoms with Crippen LogP contribution in [0.3, 0.4) is 0 Å².